The Hall–Kier alpha value is -1.71. The fraction of sp³-hybridized carbons (Fsp3) is 0.500. The molecule has 0 aliphatic heterocycles. The van der Waals surface area contributed by atoms with Crippen molar-refractivity contribution >= 4 is 5.71 Å². The van der Waals surface area contributed by atoms with Gasteiger partial charge in [-0.15, -0.1) is 0 Å². The Morgan fingerprint density at radius 2 is 1.83 bits per heavy atom. The molecule has 4 nitrogen and oxygen atoms in total. The summed E-state index contributed by atoms with van der Waals surface area (Å²) in [5.41, 5.74) is 0.940. The fourth-order valence-corrected chi connectivity index (χ4v) is 1.90. The molecule has 0 bridgehead atoms. The number of rotatable bonds is 7. The van der Waals surface area contributed by atoms with Crippen LogP contribution < -0.4 is 0 Å². The predicted octanol–water partition coefficient (Wildman–Crippen LogP) is 3.64. The van der Waals surface area contributed by atoms with E-state index in [-0.39, 0.29) is 11.5 Å². The van der Waals surface area contributed by atoms with Gasteiger partial charge >= 0.3 is 0 Å². The van der Waals surface area contributed by atoms with Gasteiger partial charge in [0.1, 0.15) is 11.5 Å². The molecular formula is C14H21NO3. The van der Waals surface area contributed by atoms with Gasteiger partial charge in [-0.1, -0.05) is 37.8 Å². The fourth-order valence-electron chi connectivity index (χ4n) is 1.90. The van der Waals surface area contributed by atoms with Crippen molar-refractivity contribution in [2.75, 3.05) is 0 Å². The molecule has 1 rings (SSSR count). The number of nitrogens with zero attached hydrogens (tertiary/aromatic N) is 1. The summed E-state index contributed by atoms with van der Waals surface area (Å²) in [7, 11) is 0. The van der Waals surface area contributed by atoms with E-state index in [0.717, 1.165) is 12.8 Å². The van der Waals surface area contributed by atoms with Crippen molar-refractivity contribution in [1.29, 1.82) is 0 Å². The lowest BCUT2D eigenvalue weighted by Gasteiger charge is -2.07. The highest BCUT2D eigenvalue weighted by Gasteiger charge is 2.10. The molecule has 0 radical (unpaired) electrons. The first-order valence-electron chi connectivity index (χ1n) is 6.42. The third kappa shape index (κ3) is 4.28. The van der Waals surface area contributed by atoms with Crippen LogP contribution in [0.5, 0.6) is 11.5 Å². The van der Waals surface area contributed by atoms with Gasteiger partial charge in [0, 0.05) is 11.6 Å². The molecule has 1 aromatic rings. The maximum absolute atomic E-state index is 9.68. The summed E-state index contributed by atoms with van der Waals surface area (Å²) >= 11 is 0. The van der Waals surface area contributed by atoms with Crippen molar-refractivity contribution in [3.63, 3.8) is 0 Å². The van der Waals surface area contributed by atoms with E-state index in [0.29, 0.717) is 17.7 Å². The molecule has 1 aromatic carbocycles. The Balaban J connectivity index is 2.56. The first-order chi connectivity index (χ1) is 8.69. The smallest absolute Gasteiger partial charge is 0.128 e. The van der Waals surface area contributed by atoms with Crippen LogP contribution in [0.4, 0.5) is 0 Å². The highest BCUT2D eigenvalue weighted by atomic mass is 16.4. The zero-order valence-electron chi connectivity index (χ0n) is 10.8. The molecule has 0 fully saturated rings. The molecule has 0 unspecified atom stereocenters. The van der Waals surface area contributed by atoms with Gasteiger partial charge in [-0.2, -0.15) is 0 Å². The van der Waals surface area contributed by atoms with Gasteiger partial charge in [0.2, 0.25) is 0 Å². The topological polar surface area (TPSA) is 73.1 Å². The molecule has 0 heterocycles. The van der Waals surface area contributed by atoms with Crippen molar-refractivity contribution in [2.24, 2.45) is 5.16 Å². The summed E-state index contributed by atoms with van der Waals surface area (Å²) in [5, 5.41) is 31.1. The van der Waals surface area contributed by atoms with Gasteiger partial charge in [-0.25, -0.2) is 0 Å². The van der Waals surface area contributed by atoms with Crippen molar-refractivity contribution in [2.45, 2.75) is 45.4 Å². The Kier molecular flexibility index (Phi) is 6.05. The molecule has 0 aliphatic carbocycles. The number of phenolic OH excluding ortho intramolecular Hbond substituents is 2. The van der Waals surface area contributed by atoms with Crippen LogP contribution in [0.15, 0.2) is 23.4 Å². The summed E-state index contributed by atoms with van der Waals surface area (Å²) in [6, 6.07) is 4.28. The lowest BCUT2D eigenvalue weighted by Crippen LogP contribution is -2.01. The second kappa shape index (κ2) is 7.58. The number of phenols is 2. The Bertz CT molecular complexity index is 402. The van der Waals surface area contributed by atoms with Gasteiger partial charge in [-0.05, 0) is 25.0 Å². The molecule has 100 valence electrons. The highest BCUT2D eigenvalue weighted by Crippen LogP contribution is 2.24. The SMILES string of the molecule is CCCCCCC/C(=N\O)c1ccc(O)cc1O. The van der Waals surface area contributed by atoms with Crippen molar-refractivity contribution in [1.82, 2.24) is 0 Å². The lowest BCUT2D eigenvalue weighted by molar-refractivity contribution is 0.317. The molecule has 0 saturated carbocycles. The largest absolute Gasteiger partial charge is 0.508 e. The lowest BCUT2D eigenvalue weighted by atomic mass is 10.0. The number of unbranched alkanes of at least 4 members (excludes halogenated alkanes) is 4. The molecule has 3 N–H and O–H groups in total. The Labute approximate surface area is 108 Å². The van der Waals surface area contributed by atoms with E-state index in [4.69, 9.17) is 5.21 Å². The van der Waals surface area contributed by atoms with Crippen LogP contribution in [0.2, 0.25) is 0 Å². The average molecular weight is 251 g/mol. The molecule has 0 atom stereocenters. The van der Waals surface area contributed by atoms with E-state index in [1.165, 1.54) is 31.4 Å². The summed E-state index contributed by atoms with van der Waals surface area (Å²) < 4.78 is 0. The van der Waals surface area contributed by atoms with Crippen LogP contribution in [0.25, 0.3) is 0 Å². The first kappa shape index (κ1) is 14.4. The second-order valence-electron chi connectivity index (χ2n) is 4.41. The van der Waals surface area contributed by atoms with Crippen LogP contribution in [0.1, 0.15) is 51.0 Å². The number of aromatic hydroxyl groups is 2. The van der Waals surface area contributed by atoms with E-state index in [1.807, 2.05) is 0 Å². The monoisotopic (exact) mass is 251 g/mol. The minimum atomic E-state index is -0.0589. The minimum Gasteiger partial charge on any atom is -0.508 e. The number of hydrogen-bond acceptors (Lipinski definition) is 4. The van der Waals surface area contributed by atoms with E-state index < -0.39 is 0 Å². The third-order valence-corrected chi connectivity index (χ3v) is 2.93. The first-order valence-corrected chi connectivity index (χ1v) is 6.42. The number of oxime groups is 1. The minimum absolute atomic E-state index is 0.00325. The van der Waals surface area contributed by atoms with Gasteiger partial charge in [0.15, 0.2) is 0 Å². The molecule has 4 heteroatoms. The van der Waals surface area contributed by atoms with Crippen LogP contribution in [-0.4, -0.2) is 21.1 Å². The van der Waals surface area contributed by atoms with E-state index in [1.54, 1.807) is 6.07 Å². The maximum atomic E-state index is 9.68. The third-order valence-electron chi connectivity index (χ3n) is 2.93. The quantitative estimate of drug-likeness (QED) is 0.300. The Morgan fingerprint density at radius 1 is 1.11 bits per heavy atom. The van der Waals surface area contributed by atoms with Crippen molar-refractivity contribution < 1.29 is 15.4 Å². The van der Waals surface area contributed by atoms with Gasteiger partial charge in [0.25, 0.3) is 0 Å². The maximum Gasteiger partial charge on any atom is 0.128 e. The highest BCUT2D eigenvalue weighted by molar-refractivity contribution is 6.02. The second-order valence-corrected chi connectivity index (χ2v) is 4.41. The van der Waals surface area contributed by atoms with Gasteiger partial charge < -0.3 is 15.4 Å². The summed E-state index contributed by atoms with van der Waals surface area (Å²) in [6.07, 6.45) is 6.23. The summed E-state index contributed by atoms with van der Waals surface area (Å²) in [5.74, 6) is -0.0622. The van der Waals surface area contributed by atoms with Gasteiger partial charge in [0.05, 0.1) is 5.71 Å². The normalized spacial score (nSPS) is 11.7. The molecule has 0 aromatic heterocycles. The molecule has 0 saturated heterocycles. The van der Waals surface area contributed by atoms with Crippen LogP contribution in [0.3, 0.4) is 0 Å². The standard InChI is InChI=1S/C14H21NO3/c1-2-3-4-5-6-7-13(15-18)12-9-8-11(16)10-14(12)17/h8-10,16-18H,2-7H2,1H3/b15-13+. The predicted molar refractivity (Wildman–Crippen MR) is 71.5 cm³/mol. The van der Waals surface area contributed by atoms with Crippen molar-refractivity contribution in [3.05, 3.63) is 23.8 Å². The van der Waals surface area contributed by atoms with Crippen LogP contribution in [-0.2, 0) is 0 Å². The van der Waals surface area contributed by atoms with E-state index in [9.17, 15) is 10.2 Å². The van der Waals surface area contributed by atoms with Crippen LogP contribution >= 0.6 is 0 Å². The van der Waals surface area contributed by atoms with Gasteiger partial charge in [-0.3, -0.25) is 0 Å². The van der Waals surface area contributed by atoms with E-state index in [2.05, 4.69) is 12.1 Å². The summed E-state index contributed by atoms with van der Waals surface area (Å²) in [4.78, 5) is 0. The average Bonchev–Trinajstić information content (AvgIpc) is 2.35. The number of hydrogen-bond donors (Lipinski definition) is 3. The molecule has 18 heavy (non-hydrogen) atoms. The zero-order chi connectivity index (χ0) is 13.4. The zero-order valence-corrected chi connectivity index (χ0v) is 10.8. The van der Waals surface area contributed by atoms with Crippen LogP contribution in [0, 0.1) is 0 Å². The molecular weight excluding hydrogens is 230 g/mol. The molecule has 0 spiro atoms. The molecule has 0 aliphatic rings. The van der Waals surface area contributed by atoms with Crippen molar-refractivity contribution in [3.8, 4) is 11.5 Å². The Morgan fingerprint density at radius 3 is 2.44 bits per heavy atom. The molecule has 0 amide bonds. The van der Waals surface area contributed by atoms with E-state index >= 15 is 0 Å². The number of benzene rings is 1. The summed E-state index contributed by atoms with van der Waals surface area (Å²) in [6.45, 7) is 2.16.